The number of hydrogen-bond donors (Lipinski definition) is 2. The SMILES string of the molecule is O=C1C(=Cc2ccc(C(=O)O)cc2Br)CCCC1=Cc1ccc(C(=O)O)cc1Br. The van der Waals surface area contributed by atoms with Crippen LogP contribution in [-0.2, 0) is 4.79 Å². The Balaban J connectivity index is 1.91. The topological polar surface area (TPSA) is 91.7 Å². The Morgan fingerprint density at radius 2 is 1.21 bits per heavy atom. The van der Waals surface area contributed by atoms with E-state index in [1.807, 2.05) is 0 Å². The summed E-state index contributed by atoms with van der Waals surface area (Å²) in [5.74, 6) is -2.08. The maximum Gasteiger partial charge on any atom is 0.335 e. The number of allylic oxidation sites excluding steroid dienone is 2. The second kappa shape index (κ2) is 8.88. The molecular formula is C22H16Br2O5. The Hall–Kier alpha value is -2.51. The third kappa shape index (κ3) is 4.92. The molecule has 0 spiro atoms. The highest BCUT2D eigenvalue weighted by Gasteiger charge is 2.21. The minimum Gasteiger partial charge on any atom is -0.478 e. The standard InChI is InChI=1S/C22H16Br2O5/c23-18-10-16(21(26)27)6-4-12(18)8-14-2-1-3-15(20(14)25)9-13-5-7-17(22(28)29)11-19(13)24/h4-11H,1-3H2,(H,26,27)(H,28,29). The first-order valence-corrected chi connectivity index (χ1v) is 10.4. The van der Waals surface area contributed by atoms with E-state index in [4.69, 9.17) is 10.2 Å². The number of carboxylic acid groups (broad SMARTS) is 2. The fourth-order valence-electron chi connectivity index (χ4n) is 3.11. The van der Waals surface area contributed by atoms with Gasteiger partial charge in [0.2, 0.25) is 0 Å². The monoisotopic (exact) mass is 518 g/mol. The Kier molecular flexibility index (Phi) is 6.49. The van der Waals surface area contributed by atoms with E-state index in [9.17, 15) is 14.4 Å². The maximum absolute atomic E-state index is 13.0. The molecule has 1 aliphatic carbocycles. The first kappa shape index (κ1) is 21.2. The normalized spacial score (nSPS) is 17.0. The molecule has 2 N–H and O–H groups in total. The van der Waals surface area contributed by atoms with Crippen LogP contribution in [0.1, 0.15) is 51.1 Å². The van der Waals surface area contributed by atoms with Crippen molar-refractivity contribution >= 4 is 61.7 Å². The smallest absolute Gasteiger partial charge is 0.335 e. The van der Waals surface area contributed by atoms with Crippen molar-refractivity contribution in [3.8, 4) is 0 Å². The number of halogens is 2. The van der Waals surface area contributed by atoms with E-state index in [2.05, 4.69) is 31.9 Å². The van der Waals surface area contributed by atoms with E-state index >= 15 is 0 Å². The first-order valence-electron chi connectivity index (χ1n) is 8.78. The highest BCUT2D eigenvalue weighted by molar-refractivity contribution is 9.10. The molecule has 148 valence electrons. The summed E-state index contributed by atoms with van der Waals surface area (Å²) in [5.41, 5.74) is 3.14. The highest BCUT2D eigenvalue weighted by Crippen LogP contribution is 2.31. The maximum atomic E-state index is 13.0. The van der Waals surface area contributed by atoms with Gasteiger partial charge in [0.05, 0.1) is 11.1 Å². The summed E-state index contributed by atoms with van der Waals surface area (Å²) < 4.78 is 1.22. The van der Waals surface area contributed by atoms with Crippen molar-refractivity contribution in [3.05, 3.63) is 78.7 Å². The zero-order valence-electron chi connectivity index (χ0n) is 15.1. The molecule has 0 unspecified atom stereocenters. The van der Waals surface area contributed by atoms with Gasteiger partial charge in [-0.3, -0.25) is 4.79 Å². The minimum absolute atomic E-state index is 0.0559. The molecule has 1 aliphatic rings. The summed E-state index contributed by atoms with van der Waals surface area (Å²) in [6, 6.07) is 9.38. The molecule has 0 bridgehead atoms. The predicted molar refractivity (Wildman–Crippen MR) is 117 cm³/mol. The molecule has 7 heteroatoms. The Morgan fingerprint density at radius 3 is 1.55 bits per heavy atom. The van der Waals surface area contributed by atoms with Crippen LogP contribution >= 0.6 is 31.9 Å². The third-order valence-electron chi connectivity index (χ3n) is 4.63. The predicted octanol–water partition coefficient (Wildman–Crippen LogP) is 5.83. The van der Waals surface area contributed by atoms with Crippen LogP contribution in [0.15, 0.2) is 56.5 Å². The molecule has 5 nitrogen and oxygen atoms in total. The average Bonchev–Trinajstić information content (AvgIpc) is 2.67. The quantitative estimate of drug-likeness (QED) is 0.496. The van der Waals surface area contributed by atoms with Gasteiger partial charge in [-0.2, -0.15) is 0 Å². The number of hydrogen-bond acceptors (Lipinski definition) is 3. The largest absolute Gasteiger partial charge is 0.478 e. The van der Waals surface area contributed by atoms with Crippen molar-refractivity contribution in [2.75, 3.05) is 0 Å². The van der Waals surface area contributed by atoms with E-state index < -0.39 is 11.9 Å². The number of carbonyl (C=O) groups excluding carboxylic acids is 1. The number of Topliss-reactive ketones (excluding diaryl/α,β-unsaturated/α-hetero) is 1. The molecular weight excluding hydrogens is 504 g/mol. The molecule has 29 heavy (non-hydrogen) atoms. The van der Waals surface area contributed by atoms with Crippen LogP contribution in [0.3, 0.4) is 0 Å². The fourth-order valence-corrected chi connectivity index (χ4v) is 4.09. The molecule has 2 aromatic rings. The molecule has 2 aromatic carbocycles. The van der Waals surface area contributed by atoms with Crippen molar-refractivity contribution in [2.45, 2.75) is 19.3 Å². The summed E-state index contributed by atoms with van der Waals surface area (Å²) >= 11 is 6.74. The van der Waals surface area contributed by atoms with Crippen LogP contribution in [0.4, 0.5) is 0 Å². The molecule has 0 radical (unpaired) electrons. The number of ketones is 1. The summed E-state index contributed by atoms with van der Waals surface area (Å²) in [6.07, 6.45) is 5.67. The van der Waals surface area contributed by atoms with E-state index in [1.54, 1.807) is 24.3 Å². The Morgan fingerprint density at radius 1 is 0.793 bits per heavy atom. The van der Waals surface area contributed by atoms with Crippen LogP contribution in [-0.4, -0.2) is 27.9 Å². The molecule has 0 atom stereocenters. The van der Waals surface area contributed by atoms with Crippen molar-refractivity contribution in [1.82, 2.24) is 0 Å². The minimum atomic E-state index is -1.01. The molecule has 1 saturated carbocycles. The van der Waals surface area contributed by atoms with Crippen molar-refractivity contribution in [3.63, 3.8) is 0 Å². The zero-order chi connectivity index (χ0) is 21.1. The first-order chi connectivity index (χ1) is 13.8. The number of rotatable bonds is 4. The van der Waals surface area contributed by atoms with E-state index in [0.29, 0.717) is 32.9 Å². The van der Waals surface area contributed by atoms with Crippen molar-refractivity contribution < 1.29 is 24.6 Å². The number of carboxylic acids is 2. The molecule has 3 rings (SSSR count). The molecule has 0 aromatic heterocycles. The van der Waals surface area contributed by atoms with Gasteiger partial charge in [0.15, 0.2) is 5.78 Å². The second-order valence-electron chi connectivity index (χ2n) is 6.60. The van der Waals surface area contributed by atoms with Gasteiger partial charge in [-0.15, -0.1) is 0 Å². The lowest BCUT2D eigenvalue weighted by Gasteiger charge is -2.17. The van der Waals surface area contributed by atoms with Crippen molar-refractivity contribution in [1.29, 1.82) is 0 Å². The Labute approximate surface area is 184 Å². The van der Waals surface area contributed by atoms with E-state index in [-0.39, 0.29) is 16.9 Å². The molecule has 0 aliphatic heterocycles. The molecule has 0 amide bonds. The second-order valence-corrected chi connectivity index (χ2v) is 8.31. The average molecular weight is 520 g/mol. The molecule has 0 heterocycles. The Bertz CT molecular complexity index is 999. The van der Waals surface area contributed by atoms with Crippen LogP contribution in [0, 0.1) is 0 Å². The molecule has 1 fully saturated rings. The summed E-state index contributed by atoms with van der Waals surface area (Å²) in [6.45, 7) is 0. The van der Waals surface area contributed by atoms with Gasteiger partial charge in [0.25, 0.3) is 0 Å². The van der Waals surface area contributed by atoms with Crippen molar-refractivity contribution in [2.24, 2.45) is 0 Å². The molecule has 0 saturated heterocycles. The fraction of sp³-hybridized carbons (Fsp3) is 0.136. The van der Waals surface area contributed by atoms with Gasteiger partial charge in [0, 0.05) is 20.1 Å². The number of benzene rings is 2. The van der Waals surface area contributed by atoms with Crippen LogP contribution in [0.25, 0.3) is 12.2 Å². The highest BCUT2D eigenvalue weighted by atomic mass is 79.9. The number of carbonyl (C=O) groups is 3. The van der Waals surface area contributed by atoms with Crippen LogP contribution < -0.4 is 0 Å². The summed E-state index contributed by atoms with van der Waals surface area (Å²) in [5, 5.41) is 18.1. The van der Waals surface area contributed by atoms with E-state index in [0.717, 1.165) is 17.5 Å². The summed E-state index contributed by atoms with van der Waals surface area (Å²) in [4.78, 5) is 35.1. The van der Waals surface area contributed by atoms with Gasteiger partial charge in [-0.05, 0) is 66.8 Å². The van der Waals surface area contributed by atoms with Gasteiger partial charge >= 0.3 is 11.9 Å². The number of aromatic carboxylic acids is 2. The lowest BCUT2D eigenvalue weighted by Crippen LogP contribution is -2.12. The van der Waals surface area contributed by atoms with Gasteiger partial charge in [-0.25, -0.2) is 9.59 Å². The zero-order valence-corrected chi connectivity index (χ0v) is 18.3. The lowest BCUT2D eigenvalue weighted by molar-refractivity contribution is -0.112. The van der Waals surface area contributed by atoms with Crippen LogP contribution in [0.2, 0.25) is 0 Å². The summed E-state index contributed by atoms with van der Waals surface area (Å²) in [7, 11) is 0. The lowest BCUT2D eigenvalue weighted by atomic mass is 9.86. The van der Waals surface area contributed by atoms with Gasteiger partial charge < -0.3 is 10.2 Å². The van der Waals surface area contributed by atoms with Gasteiger partial charge in [-0.1, -0.05) is 44.0 Å². The third-order valence-corrected chi connectivity index (χ3v) is 6.00. The van der Waals surface area contributed by atoms with Gasteiger partial charge in [0.1, 0.15) is 0 Å². The van der Waals surface area contributed by atoms with E-state index in [1.165, 1.54) is 24.3 Å². The van der Waals surface area contributed by atoms with Crippen LogP contribution in [0.5, 0.6) is 0 Å².